The zero-order valence-corrected chi connectivity index (χ0v) is 15.4. The number of methoxy groups -OCH3 is 1. The van der Waals surface area contributed by atoms with Gasteiger partial charge in [-0.15, -0.1) is 0 Å². The van der Waals surface area contributed by atoms with E-state index >= 15 is 0 Å². The molecule has 3 aromatic rings. The second kappa shape index (κ2) is 9.00. The van der Waals surface area contributed by atoms with E-state index in [2.05, 4.69) is 16.0 Å². The average Bonchev–Trinajstić information content (AvgIpc) is 2.68. The van der Waals surface area contributed by atoms with E-state index in [-0.39, 0.29) is 5.48 Å². The monoisotopic (exact) mass is 382 g/mol. The second-order valence-corrected chi connectivity index (χ2v) is 6.57. The summed E-state index contributed by atoms with van der Waals surface area (Å²) >= 11 is 0. The molecule has 1 unspecified atom stereocenters. The number of hydrogen-bond acceptors (Lipinski definition) is 5. The molecular weight excluding hydrogens is 364 g/mol. The minimum Gasteiger partial charge on any atom is -0.495 e. The highest BCUT2D eigenvalue weighted by atomic mass is 32.2. The Balaban J connectivity index is 0.00000261. The van der Waals surface area contributed by atoms with Gasteiger partial charge >= 0.3 is 0 Å². The maximum Gasteiger partial charge on any atom is 0.136 e. The summed E-state index contributed by atoms with van der Waals surface area (Å²) in [6.45, 7) is 0. The molecule has 8 heteroatoms. The van der Waals surface area contributed by atoms with Crippen molar-refractivity contribution >= 4 is 11.0 Å². The number of nitriles is 1. The van der Waals surface area contributed by atoms with Crippen LogP contribution in [0.25, 0.3) is 11.3 Å². The first kappa shape index (κ1) is 20.2. The van der Waals surface area contributed by atoms with Crippen molar-refractivity contribution in [2.45, 2.75) is 11.3 Å². The molecule has 27 heavy (non-hydrogen) atoms. The number of rotatable bonds is 5. The number of hydrogen-bond donors (Lipinski definition) is 1. The Morgan fingerprint density at radius 3 is 2.56 bits per heavy atom. The zero-order chi connectivity index (χ0) is 18.5. The number of nitrogens with two attached hydrogens (primary N) is 1. The molecular formula is C19H18N4O3S. The molecule has 3 rings (SSSR count). The lowest BCUT2D eigenvalue weighted by molar-refractivity contribution is 0.413. The largest absolute Gasteiger partial charge is 0.495 e. The van der Waals surface area contributed by atoms with Crippen molar-refractivity contribution < 1.29 is 14.4 Å². The average molecular weight is 382 g/mol. The van der Waals surface area contributed by atoms with Crippen LogP contribution >= 0.6 is 0 Å². The summed E-state index contributed by atoms with van der Waals surface area (Å²) in [6.07, 6.45) is 2.23. The van der Waals surface area contributed by atoms with Crippen LogP contribution in [-0.2, 0) is 17.4 Å². The Bertz CT molecular complexity index is 1000. The van der Waals surface area contributed by atoms with Gasteiger partial charge in [0.25, 0.3) is 0 Å². The molecule has 0 fully saturated rings. The molecule has 0 saturated carbocycles. The molecule has 0 saturated heterocycles. The highest BCUT2D eigenvalue weighted by molar-refractivity contribution is 7.82. The molecule has 0 amide bonds. The van der Waals surface area contributed by atoms with Crippen molar-refractivity contribution in [1.29, 1.82) is 5.26 Å². The molecule has 2 aromatic carbocycles. The smallest absolute Gasteiger partial charge is 0.136 e. The van der Waals surface area contributed by atoms with Crippen LogP contribution in [0.15, 0.2) is 59.6 Å². The first-order valence-electron chi connectivity index (χ1n) is 7.76. The van der Waals surface area contributed by atoms with Gasteiger partial charge in [-0.05, 0) is 42.0 Å². The molecule has 0 spiro atoms. The lowest BCUT2D eigenvalue weighted by Crippen LogP contribution is -2.03. The van der Waals surface area contributed by atoms with E-state index in [1.54, 1.807) is 36.5 Å². The molecule has 0 radical (unpaired) electrons. The molecule has 1 heterocycles. The Labute approximate surface area is 159 Å². The van der Waals surface area contributed by atoms with Crippen molar-refractivity contribution in [1.82, 2.24) is 9.97 Å². The first-order chi connectivity index (χ1) is 12.6. The van der Waals surface area contributed by atoms with Gasteiger partial charge in [0.2, 0.25) is 0 Å². The zero-order valence-electron chi connectivity index (χ0n) is 14.5. The summed E-state index contributed by atoms with van der Waals surface area (Å²) in [5.41, 5.74) is 2.99. The molecule has 7 nitrogen and oxygen atoms in total. The van der Waals surface area contributed by atoms with Crippen molar-refractivity contribution in [3.63, 3.8) is 0 Å². The van der Waals surface area contributed by atoms with E-state index in [9.17, 15) is 9.47 Å². The van der Waals surface area contributed by atoms with Crippen LogP contribution in [0.2, 0.25) is 0 Å². The summed E-state index contributed by atoms with van der Waals surface area (Å²) in [5.74, 6) is 1.18. The quantitative estimate of drug-likeness (QED) is 0.718. The molecule has 1 aromatic heterocycles. The van der Waals surface area contributed by atoms with E-state index in [0.29, 0.717) is 28.5 Å². The predicted molar refractivity (Wildman–Crippen MR) is 102 cm³/mol. The van der Waals surface area contributed by atoms with Gasteiger partial charge in [-0.25, -0.2) is 19.3 Å². The van der Waals surface area contributed by atoms with Gasteiger partial charge in [-0.1, -0.05) is 12.1 Å². The van der Waals surface area contributed by atoms with Crippen LogP contribution in [0.3, 0.4) is 0 Å². The number of nitrogens with zero attached hydrogens (tertiary/aromatic N) is 3. The van der Waals surface area contributed by atoms with Gasteiger partial charge in [0.1, 0.15) is 28.6 Å². The van der Waals surface area contributed by atoms with E-state index in [0.717, 1.165) is 16.8 Å². The summed E-state index contributed by atoms with van der Waals surface area (Å²) in [4.78, 5) is 9.46. The summed E-state index contributed by atoms with van der Waals surface area (Å²) < 4.78 is 16.4. The molecule has 0 aliphatic carbocycles. The lowest BCUT2D eigenvalue weighted by Gasteiger charge is -2.07. The molecule has 4 N–H and O–H groups in total. The normalized spacial score (nSPS) is 11.1. The number of benzene rings is 2. The molecule has 0 bridgehead atoms. The number of ether oxygens (including phenoxy) is 1. The van der Waals surface area contributed by atoms with Crippen LogP contribution < -0.4 is 9.88 Å². The fourth-order valence-corrected chi connectivity index (χ4v) is 2.93. The van der Waals surface area contributed by atoms with Gasteiger partial charge < -0.3 is 10.2 Å². The molecule has 138 valence electrons. The van der Waals surface area contributed by atoms with Crippen molar-refractivity contribution in [3.8, 4) is 23.1 Å². The van der Waals surface area contributed by atoms with Crippen molar-refractivity contribution in [2.24, 2.45) is 5.14 Å². The Hall–Kier alpha value is -3.12. The minimum absolute atomic E-state index is 0. The van der Waals surface area contributed by atoms with E-state index in [1.807, 2.05) is 18.2 Å². The third kappa shape index (κ3) is 4.74. The van der Waals surface area contributed by atoms with Gasteiger partial charge in [-0.3, -0.25) is 0 Å². The van der Waals surface area contributed by atoms with Crippen LogP contribution in [0.4, 0.5) is 0 Å². The Morgan fingerprint density at radius 1 is 1.19 bits per heavy atom. The summed E-state index contributed by atoms with van der Waals surface area (Å²) in [7, 11) is 0.0456. The maximum absolute atomic E-state index is 11.2. The third-order valence-electron chi connectivity index (χ3n) is 3.84. The highest BCUT2D eigenvalue weighted by Gasteiger charge is 2.08. The third-order valence-corrected chi connectivity index (χ3v) is 4.58. The topological polar surface area (TPSA) is 133 Å². The van der Waals surface area contributed by atoms with E-state index in [4.69, 9.17) is 9.88 Å². The first-order valence-corrected chi connectivity index (χ1v) is 8.97. The fraction of sp³-hybridized carbons (Fsp3) is 0.105. The standard InChI is InChI=1S/C19H16N4O2S.H2O/c1-25-18-7-4-14(11-15(18)12-20)17-8-9-22-19(23-17)10-13-2-5-16(6-3-13)26(21)24;/h2-9,11H,10,21H2,1H3;1H2. The van der Waals surface area contributed by atoms with Gasteiger partial charge in [0.15, 0.2) is 0 Å². The van der Waals surface area contributed by atoms with Gasteiger partial charge in [-0.2, -0.15) is 5.26 Å². The highest BCUT2D eigenvalue weighted by Crippen LogP contribution is 2.25. The van der Waals surface area contributed by atoms with Crippen molar-refractivity contribution in [3.05, 3.63) is 71.7 Å². The summed E-state index contributed by atoms with van der Waals surface area (Å²) in [6, 6.07) is 16.5. The predicted octanol–water partition coefficient (Wildman–Crippen LogP) is 1.77. The molecule has 0 aliphatic heterocycles. The molecule has 0 aliphatic rings. The second-order valence-electron chi connectivity index (χ2n) is 5.50. The molecule has 1 atom stereocenters. The SMILES string of the molecule is COc1ccc(-c2ccnc(Cc3ccc(S(N)=O)cc3)n2)cc1C#N.O. The van der Waals surface area contributed by atoms with E-state index in [1.165, 1.54) is 7.11 Å². The maximum atomic E-state index is 11.2. The fourth-order valence-electron chi connectivity index (χ4n) is 2.52. The van der Waals surface area contributed by atoms with Gasteiger partial charge in [0, 0.05) is 18.2 Å². The van der Waals surface area contributed by atoms with Gasteiger partial charge in [0.05, 0.1) is 23.3 Å². The van der Waals surface area contributed by atoms with E-state index < -0.39 is 11.0 Å². The lowest BCUT2D eigenvalue weighted by atomic mass is 10.1. The Kier molecular flexibility index (Phi) is 6.73. The van der Waals surface area contributed by atoms with Crippen LogP contribution in [0, 0.1) is 11.3 Å². The van der Waals surface area contributed by atoms with Crippen LogP contribution in [-0.4, -0.2) is 26.8 Å². The summed E-state index contributed by atoms with van der Waals surface area (Å²) in [5, 5.41) is 14.6. The van der Waals surface area contributed by atoms with Crippen LogP contribution in [0.5, 0.6) is 5.75 Å². The Morgan fingerprint density at radius 2 is 1.93 bits per heavy atom. The minimum atomic E-state index is -1.49. The van der Waals surface area contributed by atoms with Crippen molar-refractivity contribution in [2.75, 3.05) is 7.11 Å². The number of aromatic nitrogens is 2. The van der Waals surface area contributed by atoms with Crippen LogP contribution in [0.1, 0.15) is 17.0 Å².